The number of halogens is 1. The minimum Gasteiger partial charge on any atom is -0.506 e. The van der Waals surface area contributed by atoms with E-state index in [1.54, 1.807) is 22.6 Å². The zero-order valence-corrected chi connectivity index (χ0v) is 12.2. The summed E-state index contributed by atoms with van der Waals surface area (Å²) in [6.07, 6.45) is 0.974. The van der Waals surface area contributed by atoms with Gasteiger partial charge in [-0.1, -0.05) is 0 Å². The smallest absolute Gasteiger partial charge is 0.328 e. The summed E-state index contributed by atoms with van der Waals surface area (Å²) in [5.74, 6) is -2.22. The molecule has 9 nitrogen and oxygen atoms in total. The Morgan fingerprint density at radius 2 is 1.76 bits per heavy atom. The van der Waals surface area contributed by atoms with E-state index in [-0.39, 0.29) is 20.6 Å². The third-order valence-electron chi connectivity index (χ3n) is 2.53. The number of urea groups is 1. The van der Waals surface area contributed by atoms with Crippen LogP contribution >= 0.6 is 22.6 Å². The van der Waals surface area contributed by atoms with E-state index in [1.165, 1.54) is 0 Å². The summed E-state index contributed by atoms with van der Waals surface area (Å²) in [6, 6.07) is 1.20. The Labute approximate surface area is 130 Å². The van der Waals surface area contributed by atoms with Gasteiger partial charge in [0.15, 0.2) is 0 Å². The highest BCUT2D eigenvalue weighted by Gasteiger charge is 2.28. The maximum absolute atomic E-state index is 11.6. The number of hydrogen-bond acceptors (Lipinski definition) is 6. The molecule has 0 spiro atoms. The summed E-state index contributed by atoms with van der Waals surface area (Å²) in [4.78, 5) is 44.1. The fourth-order valence-corrected chi connectivity index (χ4v) is 2.21. The molecular weight excluding hydrogens is 397 g/mol. The number of nitro benzene ring substituents is 1. The molecule has 2 rings (SSSR count). The van der Waals surface area contributed by atoms with Crippen molar-refractivity contribution in [3.63, 3.8) is 0 Å². The first kappa shape index (κ1) is 14.9. The van der Waals surface area contributed by atoms with Gasteiger partial charge >= 0.3 is 6.03 Å². The summed E-state index contributed by atoms with van der Waals surface area (Å²) in [6.45, 7) is 0. The van der Waals surface area contributed by atoms with Gasteiger partial charge in [-0.15, -0.1) is 0 Å². The standard InChI is InChI=1S/C11H6IN3O6/c12-7-3-5(15(20)21)1-4(8(7)16)2-6-9(17)13-11(19)14-10(6)18/h1-3,16H,(H2,13,14,17,18,19). The van der Waals surface area contributed by atoms with E-state index in [2.05, 4.69) is 0 Å². The number of rotatable bonds is 2. The lowest BCUT2D eigenvalue weighted by atomic mass is 10.1. The van der Waals surface area contributed by atoms with Crippen molar-refractivity contribution < 1.29 is 24.4 Å². The molecule has 1 saturated heterocycles. The Morgan fingerprint density at radius 3 is 2.29 bits per heavy atom. The van der Waals surface area contributed by atoms with Gasteiger partial charge in [-0.05, 0) is 28.7 Å². The number of hydrogen-bond donors (Lipinski definition) is 3. The average Bonchev–Trinajstić information content (AvgIpc) is 2.37. The lowest BCUT2D eigenvalue weighted by Gasteiger charge is -2.14. The van der Waals surface area contributed by atoms with Gasteiger partial charge < -0.3 is 5.11 Å². The first-order valence-electron chi connectivity index (χ1n) is 5.35. The fraction of sp³-hybridized carbons (Fsp3) is 0. The molecule has 10 heteroatoms. The molecule has 0 atom stereocenters. The van der Waals surface area contributed by atoms with Gasteiger partial charge in [0.25, 0.3) is 17.5 Å². The second kappa shape index (κ2) is 5.47. The van der Waals surface area contributed by atoms with Gasteiger partial charge in [-0.2, -0.15) is 0 Å². The Kier molecular flexibility index (Phi) is 3.88. The Bertz CT molecular complexity index is 705. The number of aromatic hydroxyl groups is 1. The monoisotopic (exact) mass is 403 g/mol. The molecule has 0 radical (unpaired) electrons. The molecule has 3 N–H and O–H groups in total. The SMILES string of the molecule is O=C1NC(=O)C(=Cc2cc([N+](=O)[O-])cc(I)c2O)C(=O)N1. The van der Waals surface area contributed by atoms with Gasteiger partial charge in [0, 0.05) is 17.7 Å². The van der Waals surface area contributed by atoms with Crippen LogP contribution in [0.2, 0.25) is 0 Å². The van der Waals surface area contributed by atoms with Gasteiger partial charge in [0.2, 0.25) is 0 Å². The normalized spacial score (nSPS) is 14.5. The van der Waals surface area contributed by atoms with Gasteiger partial charge in [0.1, 0.15) is 11.3 Å². The Morgan fingerprint density at radius 1 is 1.19 bits per heavy atom. The van der Waals surface area contributed by atoms with Crippen LogP contribution in [-0.4, -0.2) is 27.9 Å². The molecule has 0 unspecified atom stereocenters. The zero-order valence-electron chi connectivity index (χ0n) is 10.0. The minimum absolute atomic E-state index is 0.0803. The number of nitro groups is 1. The van der Waals surface area contributed by atoms with Gasteiger partial charge in [-0.3, -0.25) is 30.3 Å². The van der Waals surface area contributed by atoms with Crippen molar-refractivity contribution in [1.82, 2.24) is 10.6 Å². The number of nitrogens with one attached hydrogen (secondary N) is 2. The predicted octanol–water partition coefficient (Wildman–Crippen LogP) is 0.654. The van der Waals surface area contributed by atoms with Gasteiger partial charge in [-0.25, -0.2) is 4.79 Å². The van der Waals surface area contributed by atoms with E-state index in [1.807, 2.05) is 10.6 Å². The maximum atomic E-state index is 11.6. The number of nitrogens with zero attached hydrogens (tertiary/aromatic N) is 1. The van der Waals surface area contributed by atoms with Crippen LogP contribution in [-0.2, 0) is 9.59 Å². The molecule has 1 heterocycles. The van der Waals surface area contributed by atoms with E-state index < -0.39 is 28.3 Å². The predicted molar refractivity (Wildman–Crippen MR) is 77.1 cm³/mol. The van der Waals surface area contributed by atoms with Crippen LogP contribution < -0.4 is 10.6 Å². The second-order valence-corrected chi connectivity index (χ2v) is 5.08. The van der Waals surface area contributed by atoms with Crippen LogP contribution in [0.15, 0.2) is 17.7 Å². The molecule has 0 saturated carbocycles. The summed E-state index contributed by atoms with van der Waals surface area (Å²) < 4.78 is 0.182. The van der Waals surface area contributed by atoms with Crippen molar-refractivity contribution in [1.29, 1.82) is 0 Å². The lowest BCUT2D eigenvalue weighted by molar-refractivity contribution is -0.385. The van der Waals surface area contributed by atoms with E-state index in [0.29, 0.717) is 0 Å². The fourth-order valence-electron chi connectivity index (χ4n) is 1.58. The highest BCUT2D eigenvalue weighted by atomic mass is 127. The maximum Gasteiger partial charge on any atom is 0.328 e. The van der Waals surface area contributed by atoms with Crippen LogP contribution in [0, 0.1) is 13.7 Å². The van der Waals surface area contributed by atoms with E-state index >= 15 is 0 Å². The Balaban J connectivity index is 2.54. The molecule has 0 bridgehead atoms. The first-order valence-corrected chi connectivity index (χ1v) is 6.42. The zero-order chi connectivity index (χ0) is 15.7. The molecule has 1 aliphatic rings. The van der Waals surface area contributed by atoms with Crippen molar-refractivity contribution >= 4 is 52.2 Å². The number of carbonyl (C=O) groups is 3. The molecule has 1 fully saturated rings. The van der Waals surface area contributed by atoms with Crippen LogP contribution in [0.1, 0.15) is 5.56 Å². The van der Waals surface area contributed by atoms with Crippen molar-refractivity contribution in [2.45, 2.75) is 0 Å². The molecule has 21 heavy (non-hydrogen) atoms. The summed E-state index contributed by atoms with van der Waals surface area (Å²) in [7, 11) is 0. The molecule has 1 aliphatic heterocycles. The number of non-ortho nitro benzene ring substituents is 1. The van der Waals surface area contributed by atoms with Crippen LogP contribution in [0.25, 0.3) is 6.08 Å². The highest BCUT2D eigenvalue weighted by Crippen LogP contribution is 2.31. The number of phenolic OH excluding ortho intramolecular Hbond substituents is 1. The summed E-state index contributed by atoms with van der Waals surface area (Å²) in [5.41, 5.74) is -0.832. The number of carbonyl (C=O) groups excluding carboxylic acids is 3. The van der Waals surface area contributed by atoms with Crippen molar-refractivity contribution in [2.24, 2.45) is 0 Å². The molecule has 0 aromatic heterocycles. The molecule has 4 amide bonds. The van der Waals surface area contributed by atoms with E-state index in [4.69, 9.17) is 0 Å². The van der Waals surface area contributed by atoms with E-state index in [0.717, 1.165) is 18.2 Å². The summed E-state index contributed by atoms with van der Waals surface area (Å²) >= 11 is 1.68. The van der Waals surface area contributed by atoms with Gasteiger partial charge in [0.05, 0.1) is 8.49 Å². The molecule has 0 aliphatic carbocycles. The molecular formula is C11H6IN3O6. The van der Waals surface area contributed by atoms with Crippen LogP contribution in [0.5, 0.6) is 5.75 Å². The number of phenols is 1. The topological polar surface area (TPSA) is 139 Å². The highest BCUT2D eigenvalue weighted by molar-refractivity contribution is 14.1. The van der Waals surface area contributed by atoms with Crippen LogP contribution in [0.3, 0.4) is 0 Å². The third kappa shape index (κ3) is 2.99. The number of imide groups is 2. The van der Waals surface area contributed by atoms with Crippen LogP contribution in [0.4, 0.5) is 10.5 Å². The van der Waals surface area contributed by atoms with Crippen molar-refractivity contribution in [3.05, 3.63) is 37.0 Å². The molecule has 108 valence electrons. The number of amides is 4. The average molecular weight is 403 g/mol. The Hall–Kier alpha value is -2.50. The lowest BCUT2D eigenvalue weighted by Crippen LogP contribution is -2.51. The third-order valence-corrected chi connectivity index (χ3v) is 3.35. The van der Waals surface area contributed by atoms with Crippen molar-refractivity contribution in [2.75, 3.05) is 0 Å². The largest absolute Gasteiger partial charge is 0.506 e. The van der Waals surface area contributed by atoms with Crippen molar-refractivity contribution in [3.8, 4) is 5.75 Å². The van der Waals surface area contributed by atoms with E-state index in [9.17, 15) is 29.6 Å². The number of benzene rings is 1. The summed E-state index contributed by atoms with van der Waals surface area (Å²) in [5, 5.41) is 24.3. The minimum atomic E-state index is -0.958. The quantitative estimate of drug-likeness (QED) is 0.218. The molecule has 1 aromatic rings. The second-order valence-electron chi connectivity index (χ2n) is 3.92. The number of barbiturate groups is 1. The molecule has 1 aromatic carbocycles. The first-order chi connectivity index (χ1) is 9.79.